The summed E-state index contributed by atoms with van der Waals surface area (Å²) in [4.78, 5) is 16.6. The lowest BCUT2D eigenvalue weighted by Gasteiger charge is -2.42. The van der Waals surface area contributed by atoms with Crippen molar-refractivity contribution >= 4 is 11.6 Å². The summed E-state index contributed by atoms with van der Waals surface area (Å²) in [5.74, 6) is -0.0482. The molecule has 1 aliphatic rings. The zero-order valence-electron chi connectivity index (χ0n) is 11.6. The van der Waals surface area contributed by atoms with Crippen LogP contribution in [0.4, 0.5) is 5.69 Å². The maximum atomic E-state index is 12.5. The van der Waals surface area contributed by atoms with E-state index in [0.29, 0.717) is 36.4 Å². The number of nitrogen functional groups attached to an aromatic ring is 1. The first-order valence-electron chi connectivity index (χ1n) is 6.50. The van der Waals surface area contributed by atoms with E-state index in [1.54, 1.807) is 11.0 Å². The third kappa shape index (κ3) is 2.66. The lowest BCUT2D eigenvalue weighted by atomic mass is 10.1. The quantitative estimate of drug-likeness (QED) is 0.589. The second-order valence-electron chi connectivity index (χ2n) is 5.35. The monoisotopic (exact) mass is 263 g/mol. The van der Waals surface area contributed by atoms with Crippen molar-refractivity contribution in [3.63, 3.8) is 0 Å². The van der Waals surface area contributed by atoms with Crippen LogP contribution in [0.2, 0.25) is 0 Å². The maximum Gasteiger partial charge on any atom is 0.256 e. The van der Waals surface area contributed by atoms with Crippen LogP contribution in [0.1, 0.15) is 24.2 Å². The number of phenols is 1. The van der Waals surface area contributed by atoms with Gasteiger partial charge >= 0.3 is 0 Å². The highest BCUT2D eigenvalue weighted by Gasteiger charge is 2.30. The fourth-order valence-electron chi connectivity index (χ4n) is 2.47. The van der Waals surface area contributed by atoms with Gasteiger partial charge in [0.25, 0.3) is 5.91 Å². The number of nitrogens with zero attached hydrogens (tertiary/aromatic N) is 2. The van der Waals surface area contributed by atoms with Crippen LogP contribution in [-0.4, -0.2) is 53.0 Å². The molecule has 1 aromatic rings. The molecule has 0 aliphatic carbocycles. The Labute approximate surface area is 113 Å². The van der Waals surface area contributed by atoms with Crippen molar-refractivity contribution in [2.75, 3.05) is 25.9 Å². The Bertz CT molecular complexity index is 478. The number of carbonyl (C=O) groups is 1. The van der Waals surface area contributed by atoms with Gasteiger partial charge in [-0.15, -0.1) is 0 Å². The van der Waals surface area contributed by atoms with Gasteiger partial charge in [0.05, 0.1) is 5.56 Å². The Hall–Kier alpha value is -1.75. The predicted molar refractivity (Wildman–Crippen MR) is 75.1 cm³/mol. The van der Waals surface area contributed by atoms with Crippen molar-refractivity contribution in [3.05, 3.63) is 23.8 Å². The van der Waals surface area contributed by atoms with E-state index in [0.717, 1.165) is 0 Å². The summed E-state index contributed by atoms with van der Waals surface area (Å²) in [5, 5.41) is 9.50. The number of aromatic hydroxyl groups is 1. The highest BCUT2D eigenvalue weighted by Crippen LogP contribution is 2.22. The average Bonchev–Trinajstić information content (AvgIpc) is 2.37. The summed E-state index contributed by atoms with van der Waals surface area (Å²) in [6.45, 7) is 5.55. The van der Waals surface area contributed by atoms with Crippen molar-refractivity contribution in [2.45, 2.75) is 25.9 Å². The maximum absolute atomic E-state index is 12.5. The van der Waals surface area contributed by atoms with Crippen molar-refractivity contribution < 1.29 is 9.90 Å². The van der Waals surface area contributed by atoms with E-state index in [1.807, 2.05) is 0 Å². The Morgan fingerprint density at radius 2 is 1.89 bits per heavy atom. The minimum Gasteiger partial charge on any atom is -0.508 e. The summed E-state index contributed by atoms with van der Waals surface area (Å²) in [6, 6.07) is 5.11. The van der Waals surface area contributed by atoms with Gasteiger partial charge in [0, 0.05) is 30.9 Å². The van der Waals surface area contributed by atoms with Crippen LogP contribution < -0.4 is 5.73 Å². The lowest BCUT2D eigenvalue weighted by molar-refractivity contribution is 0.0415. The van der Waals surface area contributed by atoms with E-state index in [-0.39, 0.29) is 11.7 Å². The molecule has 19 heavy (non-hydrogen) atoms. The molecule has 1 amide bonds. The summed E-state index contributed by atoms with van der Waals surface area (Å²) < 4.78 is 0. The van der Waals surface area contributed by atoms with Crippen LogP contribution in [0.3, 0.4) is 0 Å². The number of phenolic OH excluding ortho intramolecular Hbond substituents is 1. The minimum atomic E-state index is -0.111. The van der Waals surface area contributed by atoms with Crippen molar-refractivity contribution in [1.29, 1.82) is 0 Å². The molecular weight excluding hydrogens is 242 g/mol. The van der Waals surface area contributed by atoms with Gasteiger partial charge in [-0.3, -0.25) is 9.69 Å². The van der Waals surface area contributed by atoms with Crippen LogP contribution in [0.15, 0.2) is 18.2 Å². The van der Waals surface area contributed by atoms with Crippen LogP contribution >= 0.6 is 0 Å². The van der Waals surface area contributed by atoms with E-state index in [4.69, 9.17) is 5.73 Å². The molecule has 0 radical (unpaired) electrons. The summed E-state index contributed by atoms with van der Waals surface area (Å²) in [6.07, 6.45) is 0. The van der Waals surface area contributed by atoms with E-state index in [2.05, 4.69) is 25.8 Å². The Kier molecular flexibility index (Phi) is 3.66. The van der Waals surface area contributed by atoms with Crippen LogP contribution in [0.5, 0.6) is 5.75 Å². The number of benzene rings is 1. The Morgan fingerprint density at radius 3 is 2.47 bits per heavy atom. The summed E-state index contributed by atoms with van der Waals surface area (Å²) >= 11 is 0. The standard InChI is InChI=1S/C14H21N3O2/c1-9-7-17(8-10(2)16(9)3)14(19)12-6-11(18)4-5-13(12)15/h4-6,9-10,18H,7-8,15H2,1-3H3. The number of anilines is 1. The summed E-state index contributed by atoms with van der Waals surface area (Å²) in [5.41, 5.74) is 6.61. The molecule has 3 N–H and O–H groups in total. The molecule has 0 saturated carbocycles. The number of likely N-dealkylation sites (N-methyl/N-ethyl adjacent to an activating group) is 1. The van der Waals surface area contributed by atoms with Gasteiger partial charge in [-0.25, -0.2) is 0 Å². The molecule has 0 spiro atoms. The van der Waals surface area contributed by atoms with Crippen molar-refractivity contribution in [3.8, 4) is 5.75 Å². The molecule has 1 aliphatic heterocycles. The van der Waals surface area contributed by atoms with Gasteiger partial charge in [0.1, 0.15) is 5.75 Å². The first-order valence-corrected chi connectivity index (χ1v) is 6.50. The molecule has 1 fully saturated rings. The topological polar surface area (TPSA) is 69.8 Å². The molecule has 5 nitrogen and oxygen atoms in total. The number of rotatable bonds is 1. The van der Waals surface area contributed by atoms with Gasteiger partial charge in [-0.05, 0) is 39.1 Å². The van der Waals surface area contributed by atoms with E-state index in [9.17, 15) is 9.90 Å². The molecule has 5 heteroatoms. The minimum absolute atomic E-state index is 0.0628. The molecule has 104 valence electrons. The molecule has 1 saturated heterocycles. The highest BCUT2D eigenvalue weighted by molar-refractivity contribution is 5.99. The van der Waals surface area contributed by atoms with Gasteiger partial charge in [-0.1, -0.05) is 0 Å². The molecule has 0 aromatic heterocycles. The first kappa shape index (κ1) is 13.7. The highest BCUT2D eigenvalue weighted by atomic mass is 16.3. The third-order valence-corrected chi connectivity index (χ3v) is 3.91. The van der Waals surface area contributed by atoms with Crippen molar-refractivity contribution in [1.82, 2.24) is 9.80 Å². The van der Waals surface area contributed by atoms with E-state index in [1.165, 1.54) is 12.1 Å². The van der Waals surface area contributed by atoms with Crippen LogP contribution in [0.25, 0.3) is 0 Å². The van der Waals surface area contributed by atoms with Gasteiger partial charge in [0.2, 0.25) is 0 Å². The number of nitrogens with two attached hydrogens (primary N) is 1. The predicted octanol–water partition coefficient (Wildman–Crippen LogP) is 1.14. The fraction of sp³-hybridized carbons (Fsp3) is 0.500. The number of amides is 1. The molecule has 1 heterocycles. The zero-order chi connectivity index (χ0) is 14.2. The number of carbonyl (C=O) groups excluding carboxylic acids is 1. The number of hydrogen-bond acceptors (Lipinski definition) is 4. The average molecular weight is 263 g/mol. The SMILES string of the molecule is CC1CN(C(=O)c2cc(O)ccc2N)CC(C)N1C. The molecule has 2 atom stereocenters. The van der Waals surface area contributed by atoms with Gasteiger partial charge in [0.15, 0.2) is 0 Å². The zero-order valence-corrected chi connectivity index (χ0v) is 11.6. The first-order chi connectivity index (χ1) is 8.90. The van der Waals surface area contributed by atoms with Gasteiger partial charge < -0.3 is 15.7 Å². The second-order valence-corrected chi connectivity index (χ2v) is 5.35. The number of piperazine rings is 1. The van der Waals surface area contributed by atoms with Crippen LogP contribution in [0, 0.1) is 0 Å². The molecular formula is C14H21N3O2. The lowest BCUT2D eigenvalue weighted by Crippen LogP contribution is -2.56. The molecule has 1 aromatic carbocycles. The Morgan fingerprint density at radius 1 is 1.32 bits per heavy atom. The molecule has 2 rings (SSSR count). The van der Waals surface area contributed by atoms with E-state index >= 15 is 0 Å². The second kappa shape index (κ2) is 5.09. The van der Waals surface area contributed by atoms with Gasteiger partial charge in [-0.2, -0.15) is 0 Å². The third-order valence-electron chi connectivity index (χ3n) is 3.91. The van der Waals surface area contributed by atoms with Crippen LogP contribution in [-0.2, 0) is 0 Å². The van der Waals surface area contributed by atoms with Crippen molar-refractivity contribution in [2.24, 2.45) is 0 Å². The fourth-order valence-corrected chi connectivity index (χ4v) is 2.47. The van der Waals surface area contributed by atoms with E-state index < -0.39 is 0 Å². The largest absolute Gasteiger partial charge is 0.508 e. The smallest absolute Gasteiger partial charge is 0.256 e. The molecule has 2 unspecified atom stereocenters. The molecule has 0 bridgehead atoms. The normalized spacial score (nSPS) is 24.5. The number of hydrogen-bond donors (Lipinski definition) is 2. The Balaban J connectivity index is 2.22. The summed E-state index contributed by atoms with van der Waals surface area (Å²) in [7, 11) is 2.07.